The molecule has 10 heteroatoms. The number of hydrogen-bond acceptors (Lipinski definition) is 7. The summed E-state index contributed by atoms with van der Waals surface area (Å²) in [5, 5.41) is 4.82. The molecule has 2 fully saturated rings. The summed E-state index contributed by atoms with van der Waals surface area (Å²) in [7, 11) is 0. The molecule has 3 aliphatic heterocycles. The van der Waals surface area contributed by atoms with Gasteiger partial charge >= 0.3 is 0 Å². The molecule has 0 radical (unpaired) electrons. The molecule has 0 atom stereocenters. The molecular weight excluding hydrogens is 551 g/mol. The molecule has 0 spiro atoms. The monoisotopic (exact) mass is 582 g/mol. The first kappa shape index (κ1) is 26.2. The van der Waals surface area contributed by atoms with Crippen LogP contribution in [0.1, 0.15) is 29.6 Å². The zero-order valence-corrected chi connectivity index (χ0v) is 23.7. The van der Waals surface area contributed by atoms with Gasteiger partial charge < -0.3 is 28.7 Å². The third-order valence-corrected chi connectivity index (χ3v) is 8.81. The lowest BCUT2D eigenvalue weighted by Crippen LogP contribution is -2.38. The Morgan fingerprint density at radius 3 is 2.60 bits per heavy atom. The number of furan rings is 1. The van der Waals surface area contributed by atoms with Gasteiger partial charge in [-0.25, -0.2) is 4.39 Å². The molecule has 43 heavy (non-hydrogen) atoms. The molecule has 3 aliphatic rings. The lowest BCUT2D eigenvalue weighted by atomic mass is 10.0. The minimum atomic E-state index is -0.533. The number of ether oxygens (including phenoxy) is 2. The summed E-state index contributed by atoms with van der Waals surface area (Å²) in [6, 6.07) is 12.8. The van der Waals surface area contributed by atoms with E-state index in [0.717, 1.165) is 55.3 Å². The summed E-state index contributed by atoms with van der Waals surface area (Å²) in [6.45, 7) is 5.82. The number of hydrogen-bond donors (Lipinski definition) is 1. The van der Waals surface area contributed by atoms with Crippen LogP contribution < -0.4 is 20.4 Å². The minimum Gasteiger partial charge on any atom is -0.456 e. The van der Waals surface area contributed by atoms with Crippen molar-refractivity contribution in [1.29, 1.82) is 0 Å². The van der Waals surface area contributed by atoms with E-state index in [1.807, 2.05) is 41.3 Å². The second-order valence-electron chi connectivity index (χ2n) is 11.4. The second-order valence-corrected chi connectivity index (χ2v) is 11.4. The molecule has 0 bridgehead atoms. The maximum absolute atomic E-state index is 15.9. The zero-order valence-electron chi connectivity index (χ0n) is 23.7. The molecule has 1 N–H and O–H groups in total. The SMILES string of the molecule is O=C(NCCCN1CCOCC1)c1cn2c3c(c(N4CCCC4)c(F)cc3c1=O)Oc1cc3c(cc1-2)oc1ccccc13. The van der Waals surface area contributed by atoms with Crippen molar-refractivity contribution in [2.45, 2.75) is 19.3 Å². The first-order chi connectivity index (χ1) is 21.1. The number of fused-ring (bicyclic) bond motifs is 5. The molecule has 5 heterocycles. The Kier molecular flexibility index (Phi) is 6.34. The Hall–Kier alpha value is -4.41. The number of aromatic nitrogens is 1. The van der Waals surface area contributed by atoms with Crippen LogP contribution in [0.2, 0.25) is 0 Å². The number of benzene rings is 3. The summed E-state index contributed by atoms with van der Waals surface area (Å²) in [5.41, 5.74) is 2.22. The van der Waals surface area contributed by atoms with Crippen molar-refractivity contribution in [3.8, 4) is 17.2 Å². The Bertz CT molecular complexity index is 1970. The fourth-order valence-corrected chi connectivity index (χ4v) is 6.65. The van der Waals surface area contributed by atoms with Crippen molar-refractivity contribution in [2.75, 3.05) is 57.4 Å². The second kappa shape index (κ2) is 10.4. The number of carbonyl (C=O) groups is 1. The third kappa shape index (κ3) is 4.35. The van der Waals surface area contributed by atoms with Gasteiger partial charge in [-0.2, -0.15) is 0 Å². The standard InChI is InChI=1S/C33H31FN4O5/c34-24-16-22-29-32(30(24)37-10-3-4-11-37)43-28-17-21-20-6-1-2-7-26(20)42-27(21)18-25(28)38(29)19-23(31(22)39)33(40)35-8-5-9-36-12-14-41-15-13-36/h1-2,6-7,16-19H,3-5,8-15H2,(H,35,40). The van der Waals surface area contributed by atoms with E-state index in [-0.39, 0.29) is 10.9 Å². The zero-order chi connectivity index (χ0) is 29.1. The van der Waals surface area contributed by atoms with Gasteiger partial charge in [-0.15, -0.1) is 0 Å². The van der Waals surface area contributed by atoms with Crippen LogP contribution in [0.4, 0.5) is 10.1 Å². The van der Waals surface area contributed by atoms with Gasteiger partial charge in [0.2, 0.25) is 5.43 Å². The van der Waals surface area contributed by atoms with Crippen molar-refractivity contribution >= 4 is 44.4 Å². The van der Waals surface area contributed by atoms with Crippen LogP contribution in [-0.2, 0) is 4.74 Å². The first-order valence-corrected chi connectivity index (χ1v) is 15.0. The predicted molar refractivity (Wildman–Crippen MR) is 163 cm³/mol. The number of halogens is 1. The van der Waals surface area contributed by atoms with E-state index in [1.54, 1.807) is 10.8 Å². The lowest BCUT2D eigenvalue weighted by molar-refractivity contribution is 0.0374. The van der Waals surface area contributed by atoms with Gasteiger partial charge in [-0.3, -0.25) is 14.5 Å². The van der Waals surface area contributed by atoms with Crippen LogP contribution in [0.3, 0.4) is 0 Å². The maximum Gasteiger partial charge on any atom is 0.256 e. The van der Waals surface area contributed by atoms with E-state index in [1.165, 1.54) is 6.07 Å². The van der Waals surface area contributed by atoms with Crippen LogP contribution in [0.5, 0.6) is 11.5 Å². The number of anilines is 1. The molecular formula is C33H31FN4O5. The number of para-hydroxylation sites is 1. The van der Waals surface area contributed by atoms with Crippen LogP contribution in [0, 0.1) is 5.82 Å². The quantitative estimate of drug-likeness (QED) is 0.271. The van der Waals surface area contributed by atoms with E-state index >= 15 is 4.39 Å². The Morgan fingerprint density at radius 1 is 0.953 bits per heavy atom. The number of nitrogens with zero attached hydrogens (tertiary/aromatic N) is 3. The summed E-state index contributed by atoms with van der Waals surface area (Å²) < 4.78 is 35.7. The van der Waals surface area contributed by atoms with E-state index in [0.29, 0.717) is 66.8 Å². The molecule has 3 aromatic carbocycles. The normalized spacial score (nSPS) is 16.6. The fourth-order valence-electron chi connectivity index (χ4n) is 6.65. The van der Waals surface area contributed by atoms with Gasteiger partial charge in [0.25, 0.3) is 5.91 Å². The molecule has 8 rings (SSSR count). The van der Waals surface area contributed by atoms with Gasteiger partial charge in [0.05, 0.1) is 24.3 Å². The Morgan fingerprint density at radius 2 is 1.77 bits per heavy atom. The van der Waals surface area contributed by atoms with Crippen molar-refractivity contribution in [3.05, 3.63) is 70.3 Å². The van der Waals surface area contributed by atoms with Crippen LogP contribution >= 0.6 is 0 Å². The van der Waals surface area contributed by atoms with E-state index < -0.39 is 17.2 Å². The highest BCUT2D eigenvalue weighted by Gasteiger charge is 2.32. The smallest absolute Gasteiger partial charge is 0.256 e. The average molecular weight is 583 g/mol. The summed E-state index contributed by atoms with van der Waals surface area (Å²) in [6.07, 6.45) is 4.21. The summed E-state index contributed by atoms with van der Waals surface area (Å²) >= 11 is 0. The van der Waals surface area contributed by atoms with E-state index in [2.05, 4.69) is 10.2 Å². The predicted octanol–water partition coefficient (Wildman–Crippen LogP) is 5.19. The highest BCUT2D eigenvalue weighted by Crippen LogP contribution is 2.48. The summed E-state index contributed by atoms with van der Waals surface area (Å²) in [5.74, 6) is -0.221. The number of morpholine rings is 1. The van der Waals surface area contributed by atoms with Crippen LogP contribution in [0.25, 0.3) is 38.5 Å². The number of nitrogens with one attached hydrogen (secondary N) is 1. The molecule has 5 aromatic rings. The van der Waals surface area contributed by atoms with Crippen LogP contribution in [-0.4, -0.2) is 67.9 Å². The van der Waals surface area contributed by atoms with Crippen molar-refractivity contribution in [2.24, 2.45) is 0 Å². The van der Waals surface area contributed by atoms with Gasteiger partial charge in [0.1, 0.15) is 27.9 Å². The molecule has 0 aliphatic carbocycles. The highest BCUT2D eigenvalue weighted by atomic mass is 19.1. The van der Waals surface area contributed by atoms with Crippen molar-refractivity contribution < 1.29 is 23.1 Å². The van der Waals surface area contributed by atoms with Crippen molar-refractivity contribution in [1.82, 2.24) is 14.8 Å². The molecule has 0 unspecified atom stereocenters. The van der Waals surface area contributed by atoms with Gasteiger partial charge in [0.15, 0.2) is 17.3 Å². The van der Waals surface area contributed by atoms with E-state index in [4.69, 9.17) is 13.9 Å². The lowest BCUT2D eigenvalue weighted by Gasteiger charge is -2.29. The Balaban J connectivity index is 1.25. The number of amides is 1. The number of carbonyl (C=O) groups excluding carboxylic acids is 1. The van der Waals surface area contributed by atoms with Crippen LogP contribution in [0.15, 0.2) is 57.9 Å². The third-order valence-electron chi connectivity index (χ3n) is 8.81. The maximum atomic E-state index is 15.9. The van der Waals surface area contributed by atoms with Gasteiger partial charge in [-0.05, 0) is 44.0 Å². The molecule has 9 nitrogen and oxygen atoms in total. The largest absolute Gasteiger partial charge is 0.456 e. The van der Waals surface area contributed by atoms with E-state index in [9.17, 15) is 9.59 Å². The fraction of sp³-hybridized carbons (Fsp3) is 0.333. The first-order valence-electron chi connectivity index (χ1n) is 15.0. The average Bonchev–Trinajstić information content (AvgIpc) is 3.68. The topological polar surface area (TPSA) is 89.2 Å². The molecule has 220 valence electrons. The summed E-state index contributed by atoms with van der Waals surface area (Å²) in [4.78, 5) is 31.5. The van der Waals surface area contributed by atoms with Crippen molar-refractivity contribution in [3.63, 3.8) is 0 Å². The van der Waals surface area contributed by atoms with Gasteiger partial charge in [-0.1, -0.05) is 18.2 Å². The Labute approximate surface area is 246 Å². The molecule has 1 amide bonds. The molecule has 2 aromatic heterocycles. The molecule has 0 saturated carbocycles. The number of rotatable bonds is 6. The number of pyridine rings is 1. The minimum absolute atomic E-state index is 0.0457. The highest BCUT2D eigenvalue weighted by molar-refractivity contribution is 6.07. The van der Waals surface area contributed by atoms with Gasteiger partial charge in [0, 0.05) is 55.8 Å². The molecule has 2 saturated heterocycles.